The smallest absolute Gasteiger partial charge is 0.221 e. The van der Waals surface area contributed by atoms with Gasteiger partial charge in [0.1, 0.15) is 5.82 Å². The Labute approximate surface area is 124 Å². The minimum atomic E-state index is -0.313. The minimum Gasteiger partial charge on any atom is -0.348 e. The molecule has 1 aliphatic heterocycles. The van der Waals surface area contributed by atoms with Crippen molar-refractivity contribution in [2.45, 2.75) is 31.2 Å². The normalized spacial score (nSPS) is 24.9. The van der Waals surface area contributed by atoms with Crippen LogP contribution in [0.1, 0.15) is 36.9 Å². The van der Waals surface area contributed by atoms with Gasteiger partial charge in [-0.2, -0.15) is 0 Å². The van der Waals surface area contributed by atoms with Crippen LogP contribution in [0.25, 0.3) is 0 Å². The van der Waals surface area contributed by atoms with Gasteiger partial charge in [-0.15, -0.1) is 0 Å². The van der Waals surface area contributed by atoms with Crippen LogP contribution in [0.4, 0.5) is 4.39 Å². The molecule has 0 aliphatic carbocycles. The van der Waals surface area contributed by atoms with Gasteiger partial charge in [-0.1, -0.05) is 49.4 Å². The molecular formula is C18H18FNO. The van der Waals surface area contributed by atoms with Crippen LogP contribution in [0.5, 0.6) is 0 Å². The molecule has 2 aromatic rings. The molecule has 2 unspecified atom stereocenters. The zero-order valence-corrected chi connectivity index (χ0v) is 12.0. The van der Waals surface area contributed by atoms with Crippen molar-refractivity contribution in [1.29, 1.82) is 0 Å². The molecule has 2 atom stereocenters. The van der Waals surface area contributed by atoms with Crippen LogP contribution >= 0.6 is 0 Å². The van der Waals surface area contributed by atoms with Crippen molar-refractivity contribution in [1.82, 2.24) is 5.32 Å². The van der Waals surface area contributed by atoms with E-state index in [9.17, 15) is 9.18 Å². The molecular weight excluding hydrogens is 265 g/mol. The van der Waals surface area contributed by atoms with Gasteiger partial charge in [0, 0.05) is 11.8 Å². The predicted octanol–water partition coefficient (Wildman–Crippen LogP) is 3.73. The fourth-order valence-electron chi connectivity index (χ4n) is 3.37. The maximum absolute atomic E-state index is 13.2. The third kappa shape index (κ3) is 2.33. The molecule has 1 fully saturated rings. The van der Waals surface area contributed by atoms with Gasteiger partial charge in [0.15, 0.2) is 0 Å². The lowest BCUT2D eigenvalue weighted by Crippen LogP contribution is -2.32. The molecule has 2 nitrogen and oxygen atoms in total. The van der Waals surface area contributed by atoms with E-state index in [4.69, 9.17) is 0 Å². The van der Waals surface area contributed by atoms with Gasteiger partial charge in [0.05, 0.1) is 6.04 Å². The number of amides is 1. The van der Waals surface area contributed by atoms with Crippen molar-refractivity contribution >= 4 is 5.91 Å². The van der Waals surface area contributed by atoms with Gasteiger partial charge in [0.25, 0.3) is 0 Å². The van der Waals surface area contributed by atoms with E-state index in [1.807, 2.05) is 30.3 Å². The molecule has 0 bridgehead atoms. The third-order valence-electron chi connectivity index (χ3n) is 4.52. The first kappa shape index (κ1) is 13.8. The molecule has 21 heavy (non-hydrogen) atoms. The fraction of sp³-hybridized carbons (Fsp3) is 0.278. The number of carbonyl (C=O) groups excluding carboxylic acids is 1. The molecule has 1 aliphatic rings. The van der Waals surface area contributed by atoms with Crippen molar-refractivity contribution in [3.63, 3.8) is 0 Å². The average molecular weight is 283 g/mol. The Hall–Kier alpha value is -2.16. The van der Waals surface area contributed by atoms with Gasteiger partial charge < -0.3 is 5.32 Å². The number of carbonyl (C=O) groups is 1. The Bertz CT molecular complexity index is 638. The monoisotopic (exact) mass is 283 g/mol. The van der Waals surface area contributed by atoms with Crippen molar-refractivity contribution < 1.29 is 9.18 Å². The van der Waals surface area contributed by atoms with Crippen LogP contribution in [0.2, 0.25) is 0 Å². The second-order valence-electron chi connectivity index (χ2n) is 5.60. The van der Waals surface area contributed by atoms with E-state index in [0.717, 1.165) is 17.5 Å². The molecule has 1 amide bonds. The molecule has 0 aromatic heterocycles. The first-order chi connectivity index (χ1) is 10.2. The van der Waals surface area contributed by atoms with E-state index in [0.29, 0.717) is 6.42 Å². The quantitative estimate of drug-likeness (QED) is 0.913. The Kier molecular flexibility index (Phi) is 3.50. The van der Waals surface area contributed by atoms with E-state index < -0.39 is 0 Å². The molecule has 2 aromatic carbocycles. The lowest BCUT2D eigenvalue weighted by Gasteiger charge is -2.34. The minimum absolute atomic E-state index is 0.0510. The first-order valence-electron chi connectivity index (χ1n) is 7.26. The fourth-order valence-corrected chi connectivity index (χ4v) is 3.37. The van der Waals surface area contributed by atoms with E-state index in [1.165, 1.54) is 12.1 Å². The number of benzene rings is 2. The molecule has 0 spiro atoms. The first-order valence-corrected chi connectivity index (χ1v) is 7.26. The van der Waals surface area contributed by atoms with Gasteiger partial charge in [0.2, 0.25) is 5.91 Å². The third-order valence-corrected chi connectivity index (χ3v) is 4.52. The van der Waals surface area contributed by atoms with Crippen LogP contribution < -0.4 is 5.32 Å². The van der Waals surface area contributed by atoms with Gasteiger partial charge in [-0.25, -0.2) is 4.39 Å². The zero-order chi connectivity index (χ0) is 14.9. The van der Waals surface area contributed by atoms with E-state index in [-0.39, 0.29) is 23.2 Å². The van der Waals surface area contributed by atoms with Crippen molar-refractivity contribution in [3.8, 4) is 0 Å². The van der Waals surface area contributed by atoms with E-state index >= 15 is 0 Å². The van der Waals surface area contributed by atoms with Gasteiger partial charge >= 0.3 is 0 Å². The summed E-state index contributed by atoms with van der Waals surface area (Å²) in [6.07, 6.45) is 1.26. The highest BCUT2D eigenvalue weighted by atomic mass is 19.1. The molecule has 3 rings (SSSR count). The van der Waals surface area contributed by atoms with Crippen LogP contribution in [-0.2, 0) is 10.2 Å². The lowest BCUT2D eigenvalue weighted by atomic mass is 9.70. The summed E-state index contributed by atoms with van der Waals surface area (Å²) in [5.41, 5.74) is 1.79. The predicted molar refractivity (Wildman–Crippen MR) is 80.3 cm³/mol. The molecule has 108 valence electrons. The maximum Gasteiger partial charge on any atom is 0.221 e. The van der Waals surface area contributed by atoms with Crippen LogP contribution in [0.15, 0.2) is 54.6 Å². The number of hydrogen-bond donors (Lipinski definition) is 1. The highest BCUT2D eigenvalue weighted by Gasteiger charge is 2.47. The summed E-state index contributed by atoms with van der Waals surface area (Å²) in [4.78, 5) is 12.1. The highest BCUT2D eigenvalue weighted by Crippen LogP contribution is 2.46. The SMILES string of the molecule is CCC1(c2ccc(F)cc2)CC(=O)NC1c1ccccc1. The Balaban J connectivity index is 2.09. The topological polar surface area (TPSA) is 29.1 Å². The summed E-state index contributed by atoms with van der Waals surface area (Å²) in [5, 5.41) is 3.09. The summed E-state index contributed by atoms with van der Waals surface area (Å²) in [7, 11) is 0. The summed E-state index contributed by atoms with van der Waals surface area (Å²) in [6.45, 7) is 2.08. The summed E-state index contributed by atoms with van der Waals surface area (Å²) in [5.74, 6) is -0.200. The van der Waals surface area contributed by atoms with E-state index in [2.05, 4.69) is 12.2 Å². The summed E-state index contributed by atoms with van der Waals surface area (Å²) < 4.78 is 13.2. The van der Waals surface area contributed by atoms with Gasteiger partial charge in [-0.05, 0) is 29.7 Å². The molecule has 1 N–H and O–H groups in total. The van der Waals surface area contributed by atoms with Crippen LogP contribution in [0.3, 0.4) is 0 Å². The molecule has 0 saturated carbocycles. The number of nitrogens with one attached hydrogen (secondary N) is 1. The molecule has 3 heteroatoms. The van der Waals surface area contributed by atoms with E-state index in [1.54, 1.807) is 12.1 Å². The number of rotatable bonds is 3. The number of hydrogen-bond acceptors (Lipinski definition) is 1. The lowest BCUT2D eigenvalue weighted by molar-refractivity contribution is -0.119. The molecule has 0 radical (unpaired) electrons. The van der Waals surface area contributed by atoms with Crippen LogP contribution in [-0.4, -0.2) is 5.91 Å². The summed E-state index contributed by atoms with van der Waals surface area (Å²) in [6, 6.07) is 16.5. The maximum atomic E-state index is 13.2. The Morgan fingerprint density at radius 2 is 1.81 bits per heavy atom. The standard InChI is InChI=1S/C18H18FNO/c1-2-18(14-8-10-15(19)11-9-14)12-16(21)20-17(18)13-6-4-3-5-7-13/h3-11,17H,2,12H2,1H3,(H,20,21). The molecule has 1 heterocycles. The zero-order valence-electron chi connectivity index (χ0n) is 12.0. The Morgan fingerprint density at radius 3 is 2.43 bits per heavy atom. The highest BCUT2D eigenvalue weighted by molar-refractivity contribution is 5.82. The average Bonchev–Trinajstić information content (AvgIpc) is 2.87. The van der Waals surface area contributed by atoms with Crippen molar-refractivity contribution in [2.75, 3.05) is 0 Å². The molecule has 1 saturated heterocycles. The number of halogens is 1. The largest absolute Gasteiger partial charge is 0.348 e. The summed E-state index contributed by atoms with van der Waals surface area (Å²) >= 11 is 0. The second kappa shape index (κ2) is 5.32. The second-order valence-corrected chi connectivity index (χ2v) is 5.60. The Morgan fingerprint density at radius 1 is 1.14 bits per heavy atom. The van der Waals surface area contributed by atoms with Crippen molar-refractivity contribution in [2.24, 2.45) is 0 Å². The van der Waals surface area contributed by atoms with Gasteiger partial charge in [-0.3, -0.25) is 4.79 Å². The van der Waals surface area contributed by atoms with Crippen LogP contribution in [0, 0.1) is 5.82 Å². The van der Waals surface area contributed by atoms with Crippen molar-refractivity contribution in [3.05, 3.63) is 71.5 Å².